The number of nitrogens with one attached hydrogen (secondary N) is 1. The van der Waals surface area contributed by atoms with Gasteiger partial charge in [0.2, 0.25) is 0 Å². The molecular weight excluding hydrogens is 247 g/mol. The Morgan fingerprint density at radius 2 is 2.11 bits per heavy atom. The van der Waals surface area contributed by atoms with Crippen LogP contribution in [0.2, 0.25) is 0 Å². The summed E-state index contributed by atoms with van der Waals surface area (Å²) in [6.07, 6.45) is 5.12. The molecule has 0 aliphatic heterocycles. The minimum atomic E-state index is -0.205. The number of fused-ring (bicyclic) bond motifs is 1. The molecule has 2 aromatic rings. The summed E-state index contributed by atoms with van der Waals surface area (Å²) in [4.78, 5) is 3.17. The van der Waals surface area contributed by atoms with E-state index in [9.17, 15) is 4.39 Å². The molecule has 0 saturated heterocycles. The number of hydrogen-bond acceptors (Lipinski definition) is 1. The van der Waals surface area contributed by atoms with Crippen molar-refractivity contribution in [3.05, 3.63) is 28.8 Å². The van der Waals surface area contributed by atoms with E-state index in [4.69, 9.17) is 12.2 Å². The van der Waals surface area contributed by atoms with Crippen molar-refractivity contribution in [3.63, 3.8) is 0 Å². The number of halogens is 1. The van der Waals surface area contributed by atoms with Crippen LogP contribution in [0, 0.1) is 16.5 Å². The fourth-order valence-electron chi connectivity index (χ4n) is 3.15. The van der Waals surface area contributed by atoms with Gasteiger partial charge >= 0.3 is 0 Å². The quantitative estimate of drug-likeness (QED) is 0.787. The highest BCUT2D eigenvalue weighted by Gasteiger charge is 2.24. The summed E-state index contributed by atoms with van der Waals surface area (Å²) in [7, 11) is 0. The van der Waals surface area contributed by atoms with Crippen molar-refractivity contribution in [1.82, 2.24) is 9.55 Å². The van der Waals surface area contributed by atoms with Gasteiger partial charge in [-0.15, -0.1) is 0 Å². The molecule has 1 fully saturated rings. The Morgan fingerprint density at radius 3 is 2.83 bits per heavy atom. The first-order valence-corrected chi connectivity index (χ1v) is 6.97. The highest BCUT2D eigenvalue weighted by Crippen LogP contribution is 2.35. The molecule has 3 rings (SSSR count). The first kappa shape index (κ1) is 11.9. The van der Waals surface area contributed by atoms with E-state index in [0.717, 1.165) is 11.0 Å². The van der Waals surface area contributed by atoms with E-state index in [0.29, 0.717) is 16.7 Å². The Hall–Kier alpha value is -1.16. The van der Waals surface area contributed by atoms with E-state index in [-0.39, 0.29) is 5.82 Å². The Kier molecular flexibility index (Phi) is 2.98. The number of aromatic nitrogens is 2. The molecule has 1 atom stereocenters. The number of nitrogens with zero attached hydrogens (tertiary/aromatic N) is 1. The van der Waals surface area contributed by atoms with Crippen LogP contribution in [0.5, 0.6) is 0 Å². The maximum atomic E-state index is 13.4. The molecule has 1 aromatic carbocycles. The number of benzene rings is 1. The molecule has 0 spiro atoms. The fraction of sp³-hybridized carbons (Fsp3) is 0.500. The second-order valence-electron chi connectivity index (χ2n) is 5.25. The maximum absolute atomic E-state index is 13.4. The third-order valence-electron chi connectivity index (χ3n) is 4.17. The largest absolute Gasteiger partial charge is 0.331 e. The second-order valence-corrected chi connectivity index (χ2v) is 5.63. The third kappa shape index (κ3) is 1.88. The van der Waals surface area contributed by atoms with Crippen molar-refractivity contribution in [2.45, 2.75) is 38.6 Å². The zero-order valence-corrected chi connectivity index (χ0v) is 11.3. The molecule has 4 heteroatoms. The molecule has 0 bridgehead atoms. The average molecular weight is 264 g/mol. The van der Waals surface area contributed by atoms with Crippen molar-refractivity contribution in [2.24, 2.45) is 5.92 Å². The Bertz CT molecular complexity index is 622. The fourth-order valence-corrected chi connectivity index (χ4v) is 3.52. The van der Waals surface area contributed by atoms with E-state index in [2.05, 4.69) is 16.5 Å². The molecule has 1 saturated carbocycles. The van der Waals surface area contributed by atoms with Crippen LogP contribution < -0.4 is 0 Å². The van der Waals surface area contributed by atoms with Gasteiger partial charge in [0, 0.05) is 6.04 Å². The second kappa shape index (κ2) is 4.50. The van der Waals surface area contributed by atoms with Crippen LogP contribution in [0.15, 0.2) is 18.2 Å². The van der Waals surface area contributed by atoms with Crippen LogP contribution in [0.25, 0.3) is 11.0 Å². The van der Waals surface area contributed by atoms with Gasteiger partial charge in [-0.1, -0.05) is 12.8 Å². The van der Waals surface area contributed by atoms with Gasteiger partial charge in [0.25, 0.3) is 0 Å². The topological polar surface area (TPSA) is 20.7 Å². The van der Waals surface area contributed by atoms with Gasteiger partial charge in [0.1, 0.15) is 5.82 Å². The van der Waals surface area contributed by atoms with Crippen molar-refractivity contribution in [2.75, 3.05) is 0 Å². The normalized spacial score (nSPS) is 18.6. The zero-order chi connectivity index (χ0) is 12.7. The van der Waals surface area contributed by atoms with Crippen molar-refractivity contribution >= 4 is 23.3 Å². The summed E-state index contributed by atoms with van der Waals surface area (Å²) in [5.41, 5.74) is 1.81. The smallest absolute Gasteiger partial charge is 0.178 e. The summed E-state index contributed by atoms with van der Waals surface area (Å²) < 4.78 is 16.2. The first-order chi connectivity index (χ1) is 8.66. The standard InChI is InChI=1S/C14H17FN2S/c1-9(10-4-2-3-5-10)17-13-8-11(15)6-7-12(13)16-14(17)18/h6-10H,2-5H2,1H3,(H,16,18). The summed E-state index contributed by atoms with van der Waals surface area (Å²) in [5, 5.41) is 0. The molecule has 1 unspecified atom stereocenters. The first-order valence-electron chi connectivity index (χ1n) is 6.56. The van der Waals surface area contributed by atoms with E-state index >= 15 is 0 Å². The lowest BCUT2D eigenvalue weighted by molar-refractivity contribution is 0.365. The third-order valence-corrected chi connectivity index (χ3v) is 4.47. The minimum Gasteiger partial charge on any atom is -0.331 e. The summed E-state index contributed by atoms with van der Waals surface area (Å²) in [5.74, 6) is 0.461. The molecule has 1 heterocycles. The van der Waals surface area contributed by atoms with E-state index in [1.54, 1.807) is 12.1 Å². The Balaban J connectivity index is 2.12. The van der Waals surface area contributed by atoms with Crippen LogP contribution in [0.4, 0.5) is 4.39 Å². The molecule has 18 heavy (non-hydrogen) atoms. The molecule has 1 aliphatic rings. The van der Waals surface area contributed by atoms with E-state index in [1.807, 2.05) is 0 Å². The number of imidazole rings is 1. The van der Waals surface area contributed by atoms with Crippen LogP contribution in [-0.2, 0) is 0 Å². The number of hydrogen-bond donors (Lipinski definition) is 1. The SMILES string of the molecule is CC(C1CCCC1)n1c(=S)[nH]c2ccc(F)cc21. The van der Waals surface area contributed by atoms with Crippen molar-refractivity contribution in [3.8, 4) is 0 Å². The predicted octanol–water partition coefficient (Wildman–Crippen LogP) is 4.59. The lowest BCUT2D eigenvalue weighted by Gasteiger charge is -2.21. The van der Waals surface area contributed by atoms with Crippen LogP contribution in [0.1, 0.15) is 38.6 Å². The molecule has 1 aromatic heterocycles. The highest BCUT2D eigenvalue weighted by molar-refractivity contribution is 7.71. The average Bonchev–Trinajstić information content (AvgIpc) is 2.94. The molecule has 2 nitrogen and oxygen atoms in total. The highest BCUT2D eigenvalue weighted by atomic mass is 32.1. The van der Waals surface area contributed by atoms with Crippen LogP contribution in [-0.4, -0.2) is 9.55 Å². The minimum absolute atomic E-state index is 0.205. The Morgan fingerprint density at radius 1 is 1.39 bits per heavy atom. The monoisotopic (exact) mass is 264 g/mol. The Labute approximate surface area is 111 Å². The molecule has 0 amide bonds. The summed E-state index contributed by atoms with van der Waals surface area (Å²) >= 11 is 5.39. The molecule has 96 valence electrons. The maximum Gasteiger partial charge on any atom is 0.178 e. The number of rotatable bonds is 2. The van der Waals surface area contributed by atoms with Gasteiger partial charge in [-0.05, 0) is 56.1 Å². The van der Waals surface area contributed by atoms with Crippen LogP contribution >= 0.6 is 12.2 Å². The molecule has 1 aliphatic carbocycles. The number of H-pyrrole nitrogens is 1. The van der Waals surface area contributed by atoms with E-state index < -0.39 is 0 Å². The van der Waals surface area contributed by atoms with Gasteiger partial charge in [0.15, 0.2) is 4.77 Å². The molecule has 0 radical (unpaired) electrons. The van der Waals surface area contributed by atoms with E-state index in [1.165, 1.54) is 31.7 Å². The zero-order valence-electron chi connectivity index (χ0n) is 10.4. The van der Waals surface area contributed by atoms with Gasteiger partial charge in [0.05, 0.1) is 11.0 Å². The lowest BCUT2D eigenvalue weighted by Crippen LogP contribution is -2.14. The summed E-state index contributed by atoms with van der Waals surface area (Å²) in [6.45, 7) is 2.20. The van der Waals surface area contributed by atoms with Gasteiger partial charge < -0.3 is 9.55 Å². The predicted molar refractivity (Wildman–Crippen MR) is 73.7 cm³/mol. The summed E-state index contributed by atoms with van der Waals surface area (Å²) in [6, 6.07) is 5.15. The lowest BCUT2D eigenvalue weighted by atomic mass is 9.99. The van der Waals surface area contributed by atoms with Crippen LogP contribution in [0.3, 0.4) is 0 Å². The van der Waals surface area contributed by atoms with Gasteiger partial charge in [-0.2, -0.15) is 0 Å². The number of aromatic amines is 1. The van der Waals surface area contributed by atoms with Crippen molar-refractivity contribution in [1.29, 1.82) is 0 Å². The van der Waals surface area contributed by atoms with Gasteiger partial charge in [-0.25, -0.2) is 4.39 Å². The van der Waals surface area contributed by atoms with Crippen molar-refractivity contribution < 1.29 is 4.39 Å². The molecule has 1 N–H and O–H groups in total. The van der Waals surface area contributed by atoms with Gasteiger partial charge in [-0.3, -0.25) is 0 Å². The molecular formula is C14H17FN2S.